The molecule has 1 fully saturated rings. The second-order valence-corrected chi connectivity index (χ2v) is 7.03. The lowest BCUT2D eigenvalue weighted by Gasteiger charge is -2.32. The van der Waals surface area contributed by atoms with E-state index in [2.05, 4.69) is 15.5 Å². The summed E-state index contributed by atoms with van der Waals surface area (Å²) in [5, 5.41) is 5.69. The zero-order chi connectivity index (χ0) is 20.1. The number of carbonyl (C=O) groups excluding carboxylic acids is 2. The molecule has 0 aromatic heterocycles. The number of nitrogens with one attached hydrogen (secondary N) is 2. The number of rotatable bonds is 5. The first-order valence-corrected chi connectivity index (χ1v) is 9.25. The predicted octanol–water partition coefficient (Wildman–Crippen LogP) is 3.32. The molecule has 0 radical (unpaired) electrons. The van der Waals surface area contributed by atoms with E-state index < -0.39 is 11.6 Å². The van der Waals surface area contributed by atoms with Crippen molar-refractivity contribution in [1.29, 1.82) is 0 Å². The quantitative estimate of drug-likeness (QED) is 0.827. The van der Waals surface area contributed by atoms with Crippen molar-refractivity contribution >= 4 is 17.5 Å². The SMILES string of the molecule is CC(=O)Nc1cccc(C(=O)NC2CCN(Cc3ccc(F)c(F)c3)CC2)c1. The molecule has 0 saturated carbocycles. The van der Waals surface area contributed by atoms with Gasteiger partial charge in [-0.25, -0.2) is 8.78 Å². The lowest BCUT2D eigenvalue weighted by atomic mass is 10.0. The smallest absolute Gasteiger partial charge is 0.251 e. The molecule has 0 unspecified atom stereocenters. The van der Waals surface area contributed by atoms with Gasteiger partial charge < -0.3 is 10.6 Å². The molecule has 1 heterocycles. The molecule has 3 rings (SSSR count). The third kappa shape index (κ3) is 5.36. The molecule has 0 bridgehead atoms. The zero-order valence-electron chi connectivity index (χ0n) is 15.7. The summed E-state index contributed by atoms with van der Waals surface area (Å²) in [6.07, 6.45) is 1.56. The van der Waals surface area contributed by atoms with Crippen LogP contribution in [0.1, 0.15) is 35.7 Å². The van der Waals surface area contributed by atoms with Gasteiger partial charge >= 0.3 is 0 Å². The van der Waals surface area contributed by atoms with Crippen LogP contribution in [0.2, 0.25) is 0 Å². The minimum absolute atomic E-state index is 0.0538. The van der Waals surface area contributed by atoms with Crippen LogP contribution in [0.5, 0.6) is 0 Å². The fraction of sp³-hybridized carbons (Fsp3) is 0.333. The minimum atomic E-state index is -0.840. The van der Waals surface area contributed by atoms with Crippen molar-refractivity contribution in [1.82, 2.24) is 10.2 Å². The average molecular weight is 387 g/mol. The fourth-order valence-corrected chi connectivity index (χ4v) is 3.34. The molecule has 28 heavy (non-hydrogen) atoms. The van der Waals surface area contributed by atoms with Crippen LogP contribution in [-0.4, -0.2) is 35.8 Å². The zero-order valence-corrected chi connectivity index (χ0v) is 15.7. The first kappa shape index (κ1) is 19.9. The molecule has 5 nitrogen and oxygen atoms in total. The lowest BCUT2D eigenvalue weighted by Crippen LogP contribution is -2.44. The lowest BCUT2D eigenvalue weighted by molar-refractivity contribution is -0.114. The molecule has 2 amide bonds. The Morgan fingerprint density at radius 2 is 1.82 bits per heavy atom. The number of likely N-dealkylation sites (tertiary alicyclic amines) is 1. The molecular weight excluding hydrogens is 364 g/mol. The molecule has 148 valence electrons. The highest BCUT2D eigenvalue weighted by molar-refractivity contribution is 5.96. The molecule has 1 aliphatic rings. The van der Waals surface area contributed by atoms with Crippen LogP contribution in [0.25, 0.3) is 0 Å². The first-order valence-electron chi connectivity index (χ1n) is 9.25. The minimum Gasteiger partial charge on any atom is -0.349 e. The van der Waals surface area contributed by atoms with Crippen molar-refractivity contribution in [2.24, 2.45) is 0 Å². The van der Waals surface area contributed by atoms with Crippen LogP contribution in [0.4, 0.5) is 14.5 Å². The van der Waals surface area contributed by atoms with E-state index in [1.807, 2.05) is 0 Å². The van der Waals surface area contributed by atoms with Crippen LogP contribution in [0.3, 0.4) is 0 Å². The second kappa shape index (κ2) is 8.93. The van der Waals surface area contributed by atoms with Gasteiger partial charge in [-0.2, -0.15) is 0 Å². The fourth-order valence-electron chi connectivity index (χ4n) is 3.34. The van der Waals surface area contributed by atoms with Gasteiger partial charge in [-0.3, -0.25) is 14.5 Å². The van der Waals surface area contributed by atoms with Crippen LogP contribution in [-0.2, 0) is 11.3 Å². The van der Waals surface area contributed by atoms with Crippen molar-refractivity contribution in [2.75, 3.05) is 18.4 Å². The van der Waals surface area contributed by atoms with Gasteiger partial charge in [-0.15, -0.1) is 0 Å². The van der Waals surface area contributed by atoms with E-state index in [1.165, 1.54) is 13.0 Å². The summed E-state index contributed by atoms with van der Waals surface area (Å²) < 4.78 is 26.4. The number of piperidine rings is 1. The van der Waals surface area contributed by atoms with Gasteiger partial charge in [-0.1, -0.05) is 12.1 Å². The number of hydrogen-bond acceptors (Lipinski definition) is 3. The highest BCUT2D eigenvalue weighted by Gasteiger charge is 2.21. The Hall–Kier alpha value is -2.80. The van der Waals surface area contributed by atoms with E-state index in [4.69, 9.17) is 0 Å². The van der Waals surface area contributed by atoms with Gasteiger partial charge in [0.05, 0.1) is 0 Å². The highest BCUT2D eigenvalue weighted by atomic mass is 19.2. The van der Waals surface area contributed by atoms with E-state index in [0.29, 0.717) is 17.8 Å². The maximum atomic E-state index is 13.3. The molecule has 7 heteroatoms. The summed E-state index contributed by atoms with van der Waals surface area (Å²) in [7, 11) is 0. The Labute approximate surface area is 162 Å². The topological polar surface area (TPSA) is 61.4 Å². The standard InChI is InChI=1S/C21H23F2N3O2/c1-14(27)24-18-4-2-3-16(12-18)21(28)25-17-7-9-26(10-8-17)13-15-5-6-19(22)20(23)11-15/h2-6,11-12,17H,7-10,13H2,1H3,(H,24,27)(H,25,28). The molecule has 0 aliphatic carbocycles. The van der Waals surface area contributed by atoms with Gasteiger partial charge in [0, 0.05) is 43.9 Å². The summed E-state index contributed by atoms with van der Waals surface area (Å²) in [4.78, 5) is 25.8. The Kier molecular flexibility index (Phi) is 6.36. The number of nitrogens with zero attached hydrogens (tertiary/aromatic N) is 1. The van der Waals surface area contributed by atoms with E-state index in [-0.39, 0.29) is 17.9 Å². The van der Waals surface area contributed by atoms with Gasteiger partial charge in [0.1, 0.15) is 0 Å². The first-order chi connectivity index (χ1) is 13.4. The molecular formula is C21H23F2N3O2. The summed E-state index contributed by atoms with van der Waals surface area (Å²) in [6.45, 7) is 3.49. The average Bonchev–Trinajstić information content (AvgIpc) is 2.66. The predicted molar refractivity (Wildman–Crippen MR) is 103 cm³/mol. The summed E-state index contributed by atoms with van der Waals surface area (Å²) >= 11 is 0. The van der Waals surface area contributed by atoms with Gasteiger partial charge in [0.2, 0.25) is 5.91 Å². The summed E-state index contributed by atoms with van der Waals surface area (Å²) in [6, 6.07) is 10.8. The number of halogens is 2. The Bertz CT molecular complexity index is 864. The highest BCUT2D eigenvalue weighted by Crippen LogP contribution is 2.17. The second-order valence-electron chi connectivity index (χ2n) is 7.03. The number of hydrogen-bond donors (Lipinski definition) is 2. The van der Waals surface area contributed by atoms with E-state index in [9.17, 15) is 18.4 Å². The summed E-state index contributed by atoms with van der Waals surface area (Å²) in [5.74, 6) is -2.04. The molecule has 1 saturated heterocycles. The van der Waals surface area contributed by atoms with Gasteiger partial charge in [0.25, 0.3) is 5.91 Å². The Balaban J connectivity index is 1.50. The van der Waals surface area contributed by atoms with Crippen molar-refractivity contribution in [3.05, 3.63) is 65.2 Å². The number of carbonyl (C=O) groups is 2. The monoisotopic (exact) mass is 387 g/mol. The van der Waals surface area contributed by atoms with Crippen LogP contribution in [0, 0.1) is 11.6 Å². The van der Waals surface area contributed by atoms with E-state index in [1.54, 1.807) is 30.3 Å². The number of amides is 2. The molecule has 1 aliphatic heterocycles. The molecule has 0 atom stereocenters. The molecule has 0 spiro atoms. The maximum absolute atomic E-state index is 13.3. The van der Waals surface area contributed by atoms with Crippen LogP contribution < -0.4 is 10.6 Å². The molecule has 2 aromatic carbocycles. The third-order valence-corrected chi connectivity index (χ3v) is 4.76. The largest absolute Gasteiger partial charge is 0.349 e. The van der Waals surface area contributed by atoms with E-state index >= 15 is 0 Å². The Morgan fingerprint density at radius 3 is 2.50 bits per heavy atom. The van der Waals surface area contributed by atoms with Crippen molar-refractivity contribution in [2.45, 2.75) is 32.4 Å². The molecule has 2 N–H and O–H groups in total. The molecule has 2 aromatic rings. The normalized spacial score (nSPS) is 15.2. The third-order valence-electron chi connectivity index (χ3n) is 4.76. The van der Waals surface area contributed by atoms with Gasteiger partial charge in [-0.05, 0) is 48.7 Å². The summed E-state index contributed by atoms with van der Waals surface area (Å²) in [5.41, 5.74) is 1.81. The van der Waals surface area contributed by atoms with Crippen molar-refractivity contribution in [3.63, 3.8) is 0 Å². The Morgan fingerprint density at radius 1 is 1.07 bits per heavy atom. The van der Waals surface area contributed by atoms with Crippen LogP contribution >= 0.6 is 0 Å². The van der Waals surface area contributed by atoms with Gasteiger partial charge in [0.15, 0.2) is 11.6 Å². The number of anilines is 1. The van der Waals surface area contributed by atoms with Crippen molar-refractivity contribution < 1.29 is 18.4 Å². The maximum Gasteiger partial charge on any atom is 0.251 e. The number of benzene rings is 2. The van der Waals surface area contributed by atoms with E-state index in [0.717, 1.165) is 37.6 Å². The van der Waals surface area contributed by atoms with Crippen LogP contribution in [0.15, 0.2) is 42.5 Å². The van der Waals surface area contributed by atoms with Crippen molar-refractivity contribution in [3.8, 4) is 0 Å².